The van der Waals surface area contributed by atoms with Crippen LogP contribution in [0.1, 0.15) is 17.4 Å². The number of hydrogen-bond acceptors (Lipinski definition) is 6. The van der Waals surface area contributed by atoms with Gasteiger partial charge in [0.05, 0.1) is 11.5 Å². The molecule has 2 atom stereocenters. The van der Waals surface area contributed by atoms with E-state index in [0.717, 1.165) is 13.1 Å². The van der Waals surface area contributed by atoms with Crippen molar-refractivity contribution in [3.05, 3.63) is 70.1 Å². The number of nitrogens with zero attached hydrogens (tertiary/aromatic N) is 3. The number of non-ortho nitro benzene ring substituents is 1. The van der Waals surface area contributed by atoms with E-state index in [1.54, 1.807) is 6.07 Å². The van der Waals surface area contributed by atoms with Gasteiger partial charge in [0.25, 0.3) is 5.69 Å². The lowest BCUT2D eigenvalue weighted by Gasteiger charge is -2.16. The molecule has 0 amide bonds. The summed E-state index contributed by atoms with van der Waals surface area (Å²) in [5.74, 6) is 1.36. The van der Waals surface area contributed by atoms with Gasteiger partial charge in [0.1, 0.15) is 5.52 Å². The molecule has 0 saturated carbocycles. The molecule has 8 heteroatoms. The number of nitro benzene ring substituents is 1. The van der Waals surface area contributed by atoms with Crippen LogP contribution in [0.25, 0.3) is 11.1 Å². The summed E-state index contributed by atoms with van der Waals surface area (Å²) in [6.07, 6.45) is 0. The lowest BCUT2D eigenvalue weighted by Crippen LogP contribution is -2.23. The summed E-state index contributed by atoms with van der Waals surface area (Å²) in [5, 5.41) is 10.9. The summed E-state index contributed by atoms with van der Waals surface area (Å²) in [6.45, 7) is 2.98. The molecule has 2 N–H and O–H groups in total. The van der Waals surface area contributed by atoms with Crippen LogP contribution in [0.4, 0.5) is 5.69 Å². The Morgan fingerprint density at radius 2 is 2.00 bits per heavy atom. The van der Waals surface area contributed by atoms with E-state index in [1.807, 2.05) is 6.07 Å². The van der Waals surface area contributed by atoms with Crippen molar-refractivity contribution in [1.82, 2.24) is 9.88 Å². The van der Waals surface area contributed by atoms with Gasteiger partial charge in [-0.15, -0.1) is 12.4 Å². The third kappa shape index (κ3) is 3.95. The fraction of sp³-hybridized carbons (Fsp3) is 0.316. The molecule has 0 aliphatic carbocycles. The second-order valence-corrected chi connectivity index (χ2v) is 6.72. The van der Waals surface area contributed by atoms with Crippen molar-refractivity contribution in [2.45, 2.75) is 12.5 Å². The van der Waals surface area contributed by atoms with E-state index in [2.05, 4.69) is 34.1 Å². The monoisotopic (exact) mass is 388 g/mol. The Bertz CT molecular complexity index is 931. The zero-order valence-electron chi connectivity index (χ0n) is 14.7. The van der Waals surface area contributed by atoms with Crippen LogP contribution in [0.3, 0.4) is 0 Å². The molecule has 1 fully saturated rings. The van der Waals surface area contributed by atoms with Gasteiger partial charge in [0.15, 0.2) is 5.58 Å². The second-order valence-electron chi connectivity index (χ2n) is 6.72. The van der Waals surface area contributed by atoms with E-state index in [0.29, 0.717) is 41.9 Å². The summed E-state index contributed by atoms with van der Waals surface area (Å²) in [6, 6.07) is 14.9. The number of oxazole rings is 1. The zero-order valence-corrected chi connectivity index (χ0v) is 15.5. The Hall–Kier alpha value is -2.48. The average molecular weight is 389 g/mol. The number of benzene rings is 2. The maximum Gasteiger partial charge on any atom is 0.271 e. The van der Waals surface area contributed by atoms with Gasteiger partial charge >= 0.3 is 0 Å². The maximum absolute atomic E-state index is 10.9. The Labute approximate surface area is 162 Å². The molecule has 4 rings (SSSR count). The lowest BCUT2D eigenvalue weighted by atomic mass is 9.89. The Balaban J connectivity index is 0.00000210. The molecule has 1 saturated heterocycles. The molecule has 0 bridgehead atoms. The van der Waals surface area contributed by atoms with Crippen LogP contribution in [0, 0.1) is 16.0 Å². The molecule has 0 unspecified atom stereocenters. The largest absolute Gasteiger partial charge is 0.439 e. The highest BCUT2D eigenvalue weighted by Crippen LogP contribution is 2.33. The standard InChI is InChI=1S/C19H20N4O3.ClH/c20-9-14-10-22(11-16(14)13-4-2-1-3-5-13)12-19-21-17-8-15(23(24)25)6-7-18(17)26-19;/h1-8,14,16H,9-12,20H2;1H/t14-,16+;/m1./s1. The molecule has 3 aromatic rings. The Morgan fingerprint density at radius 1 is 1.22 bits per heavy atom. The minimum Gasteiger partial charge on any atom is -0.439 e. The third-order valence-electron chi connectivity index (χ3n) is 5.03. The second kappa shape index (κ2) is 8.04. The summed E-state index contributed by atoms with van der Waals surface area (Å²) < 4.78 is 5.77. The molecule has 1 aromatic heterocycles. The number of nitro groups is 1. The van der Waals surface area contributed by atoms with E-state index in [-0.39, 0.29) is 18.1 Å². The van der Waals surface area contributed by atoms with E-state index in [1.165, 1.54) is 17.7 Å². The number of rotatable bonds is 5. The van der Waals surface area contributed by atoms with E-state index < -0.39 is 4.92 Å². The van der Waals surface area contributed by atoms with Crippen molar-refractivity contribution in [3.8, 4) is 0 Å². The molecular formula is C19H21ClN4O3. The van der Waals surface area contributed by atoms with Crippen LogP contribution in [0.5, 0.6) is 0 Å². The van der Waals surface area contributed by atoms with Crippen molar-refractivity contribution in [2.75, 3.05) is 19.6 Å². The predicted molar refractivity (Wildman–Crippen MR) is 105 cm³/mol. The molecule has 0 radical (unpaired) electrons. The first-order chi connectivity index (χ1) is 12.6. The van der Waals surface area contributed by atoms with Crippen molar-refractivity contribution >= 4 is 29.2 Å². The van der Waals surface area contributed by atoms with Crippen LogP contribution < -0.4 is 5.73 Å². The van der Waals surface area contributed by atoms with Crippen LogP contribution >= 0.6 is 12.4 Å². The topological polar surface area (TPSA) is 98.4 Å². The van der Waals surface area contributed by atoms with Gasteiger partial charge < -0.3 is 10.2 Å². The highest BCUT2D eigenvalue weighted by Gasteiger charge is 2.33. The van der Waals surface area contributed by atoms with Gasteiger partial charge in [-0.25, -0.2) is 4.98 Å². The van der Waals surface area contributed by atoms with Crippen LogP contribution in [0.15, 0.2) is 52.9 Å². The summed E-state index contributed by atoms with van der Waals surface area (Å²) in [4.78, 5) is 17.2. The van der Waals surface area contributed by atoms with Crippen LogP contribution in [-0.4, -0.2) is 34.4 Å². The van der Waals surface area contributed by atoms with Crippen molar-refractivity contribution in [1.29, 1.82) is 0 Å². The minimum atomic E-state index is -0.426. The van der Waals surface area contributed by atoms with Crippen molar-refractivity contribution < 1.29 is 9.34 Å². The number of nitrogens with two attached hydrogens (primary N) is 1. The average Bonchev–Trinajstić information content (AvgIpc) is 3.25. The Morgan fingerprint density at radius 3 is 2.70 bits per heavy atom. The van der Waals surface area contributed by atoms with Gasteiger partial charge in [-0.1, -0.05) is 30.3 Å². The molecule has 2 aromatic carbocycles. The lowest BCUT2D eigenvalue weighted by molar-refractivity contribution is -0.384. The van der Waals surface area contributed by atoms with Gasteiger partial charge in [0, 0.05) is 31.1 Å². The van der Waals surface area contributed by atoms with Crippen LogP contribution in [0.2, 0.25) is 0 Å². The predicted octanol–water partition coefficient (Wildman–Crippen LogP) is 3.33. The molecule has 1 aliphatic rings. The van der Waals surface area contributed by atoms with E-state index in [9.17, 15) is 10.1 Å². The van der Waals surface area contributed by atoms with Gasteiger partial charge in [0.2, 0.25) is 5.89 Å². The number of halogens is 1. The Kier molecular flexibility index (Phi) is 5.74. The molecular weight excluding hydrogens is 368 g/mol. The van der Waals surface area contributed by atoms with Gasteiger partial charge in [-0.05, 0) is 24.1 Å². The summed E-state index contributed by atoms with van der Waals surface area (Å²) >= 11 is 0. The van der Waals surface area contributed by atoms with Crippen molar-refractivity contribution in [3.63, 3.8) is 0 Å². The number of aromatic nitrogens is 1. The molecule has 2 heterocycles. The fourth-order valence-corrected chi connectivity index (χ4v) is 3.74. The SMILES string of the molecule is Cl.NC[C@@H]1CN(Cc2nc3cc([N+](=O)[O-])ccc3o2)C[C@H]1c1ccccc1. The first-order valence-electron chi connectivity index (χ1n) is 8.65. The molecule has 0 spiro atoms. The van der Waals surface area contributed by atoms with E-state index in [4.69, 9.17) is 10.2 Å². The molecule has 142 valence electrons. The summed E-state index contributed by atoms with van der Waals surface area (Å²) in [7, 11) is 0. The quantitative estimate of drug-likeness (QED) is 0.531. The molecule has 1 aliphatic heterocycles. The number of likely N-dealkylation sites (tertiary alicyclic amines) is 1. The highest BCUT2D eigenvalue weighted by molar-refractivity contribution is 5.85. The maximum atomic E-state index is 10.9. The molecule has 27 heavy (non-hydrogen) atoms. The minimum absolute atomic E-state index is 0. The number of hydrogen-bond donors (Lipinski definition) is 1. The van der Waals surface area contributed by atoms with Gasteiger partial charge in [-0.2, -0.15) is 0 Å². The number of fused-ring (bicyclic) bond motifs is 1. The van der Waals surface area contributed by atoms with Gasteiger partial charge in [-0.3, -0.25) is 15.0 Å². The van der Waals surface area contributed by atoms with Crippen LogP contribution in [-0.2, 0) is 6.54 Å². The third-order valence-corrected chi connectivity index (χ3v) is 5.03. The van der Waals surface area contributed by atoms with E-state index >= 15 is 0 Å². The first kappa shape index (κ1) is 19.3. The van der Waals surface area contributed by atoms with Crippen molar-refractivity contribution in [2.24, 2.45) is 11.7 Å². The normalized spacial score (nSPS) is 19.9. The smallest absolute Gasteiger partial charge is 0.271 e. The molecule has 7 nitrogen and oxygen atoms in total. The highest BCUT2D eigenvalue weighted by atomic mass is 35.5. The zero-order chi connectivity index (χ0) is 18.1. The first-order valence-corrected chi connectivity index (χ1v) is 8.65. The summed E-state index contributed by atoms with van der Waals surface area (Å²) in [5.41, 5.74) is 8.40. The fourth-order valence-electron chi connectivity index (χ4n) is 3.74.